The van der Waals surface area contributed by atoms with E-state index >= 15 is 0 Å². The predicted octanol–water partition coefficient (Wildman–Crippen LogP) is 1.08. The summed E-state index contributed by atoms with van der Waals surface area (Å²) in [5.41, 5.74) is 2.69. The van der Waals surface area contributed by atoms with E-state index in [1.54, 1.807) is 11.8 Å². The summed E-state index contributed by atoms with van der Waals surface area (Å²) >= 11 is 0. The van der Waals surface area contributed by atoms with Crippen LogP contribution in [0.15, 0.2) is 28.8 Å². The monoisotopic (exact) mass is 397 g/mol. The molecule has 1 aromatic carbocycles. The van der Waals surface area contributed by atoms with E-state index in [0.717, 1.165) is 19.4 Å². The molecule has 154 valence electrons. The lowest BCUT2D eigenvalue weighted by molar-refractivity contribution is -0.140. The topological polar surface area (TPSA) is 91.6 Å². The number of hydrogen-bond acceptors (Lipinski definition) is 6. The van der Waals surface area contributed by atoms with Gasteiger partial charge in [0, 0.05) is 32.6 Å². The van der Waals surface area contributed by atoms with Gasteiger partial charge in [0.2, 0.25) is 17.7 Å². The third-order valence-electron chi connectivity index (χ3n) is 5.88. The highest BCUT2D eigenvalue weighted by Crippen LogP contribution is 2.28. The highest BCUT2D eigenvalue weighted by molar-refractivity contribution is 5.89. The van der Waals surface area contributed by atoms with Gasteiger partial charge in [-0.15, -0.1) is 0 Å². The van der Waals surface area contributed by atoms with Crippen molar-refractivity contribution >= 4 is 11.8 Å². The smallest absolute Gasteiger partial charge is 0.237 e. The average Bonchev–Trinajstić information content (AvgIpc) is 3.33. The number of benzene rings is 1. The molecule has 2 aliphatic rings. The van der Waals surface area contributed by atoms with E-state index in [0.29, 0.717) is 24.8 Å². The number of aromatic nitrogens is 2. The van der Waals surface area contributed by atoms with Crippen LogP contribution in [-0.2, 0) is 29.0 Å². The second-order valence-electron chi connectivity index (χ2n) is 7.72. The van der Waals surface area contributed by atoms with Gasteiger partial charge < -0.3 is 14.7 Å². The highest BCUT2D eigenvalue weighted by atomic mass is 16.5. The molecule has 1 N–H and O–H groups in total. The summed E-state index contributed by atoms with van der Waals surface area (Å²) < 4.78 is 5.00. The minimum atomic E-state index is -0.448. The first kappa shape index (κ1) is 19.6. The highest BCUT2D eigenvalue weighted by Gasteiger charge is 2.38. The third-order valence-corrected chi connectivity index (χ3v) is 5.88. The van der Waals surface area contributed by atoms with Crippen LogP contribution >= 0.6 is 0 Å². The molecule has 2 heterocycles. The summed E-state index contributed by atoms with van der Waals surface area (Å²) in [5.74, 6) is 0.820. The molecule has 1 aromatic heterocycles. The number of carbonyl (C=O) groups excluding carboxylic acids is 2. The second kappa shape index (κ2) is 8.32. The fourth-order valence-corrected chi connectivity index (χ4v) is 4.40. The molecule has 1 aliphatic heterocycles. The summed E-state index contributed by atoms with van der Waals surface area (Å²) in [4.78, 5) is 33.8. The van der Waals surface area contributed by atoms with Crippen molar-refractivity contribution < 1.29 is 14.1 Å². The summed E-state index contributed by atoms with van der Waals surface area (Å²) in [5, 5.41) is 6.81. The molecule has 0 unspecified atom stereocenters. The van der Waals surface area contributed by atoms with Crippen LogP contribution in [0.1, 0.15) is 36.2 Å². The van der Waals surface area contributed by atoms with Crippen LogP contribution in [0.25, 0.3) is 0 Å². The second-order valence-corrected chi connectivity index (χ2v) is 7.72. The molecular weight excluding hydrogens is 370 g/mol. The van der Waals surface area contributed by atoms with Crippen LogP contribution in [0.3, 0.4) is 0 Å². The number of amides is 2. The molecule has 2 amide bonds. The number of aryl methyl sites for hydroxylation is 1. The van der Waals surface area contributed by atoms with Crippen LogP contribution < -0.4 is 5.32 Å². The van der Waals surface area contributed by atoms with E-state index in [1.165, 1.54) is 11.1 Å². The average molecular weight is 397 g/mol. The maximum atomic E-state index is 13.0. The lowest BCUT2D eigenvalue weighted by Gasteiger charge is -2.39. The third kappa shape index (κ3) is 4.17. The first-order chi connectivity index (χ1) is 14.0. The zero-order valence-electron chi connectivity index (χ0n) is 16.9. The van der Waals surface area contributed by atoms with Crippen LogP contribution in [-0.4, -0.2) is 63.5 Å². The van der Waals surface area contributed by atoms with Crippen molar-refractivity contribution in [1.29, 1.82) is 0 Å². The van der Waals surface area contributed by atoms with E-state index in [4.69, 9.17) is 4.52 Å². The summed E-state index contributed by atoms with van der Waals surface area (Å²) in [6.07, 6.45) is 2.00. The van der Waals surface area contributed by atoms with Crippen LogP contribution in [0.4, 0.5) is 0 Å². The van der Waals surface area contributed by atoms with Gasteiger partial charge in [-0.1, -0.05) is 29.4 Å². The number of nitrogens with one attached hydrogen (secondary N) is 1. The number of carbonyl (C=O) groups is 2. The fourth-order valence-electron chi connectivity index (χ4n) is 4.40. The normalized spacial score (nSPS) is 19.8. The molecule has 0 radical (unpaired) electrons. The molecule has 1 aliphatic carbocycles. The molecule has 2 aromatic rings. The summed E-state index contributed by atoms with van der Waals surface area (Å²) in [6, 6.07) is 8.24. The van der Waals surface area contributed by atoms with Crippen molar-refractivity contribution in [2.75, 3.05) is 19.6 Å². The Kier molecular flexibility index (Phi) is 5.62. The molecule has 4 rings (SSSR count). The molecule has 8 heteroatoms. The van der Waals surface area contributed by atoms with Crippen molar-refractivity contribution in [2.45, 2.75) is 51.7 Å². The minimum Gasteiger partial charge on any atom is -0.353 e. The van der Waals surface area contributed by atoms with E-state index in [1.807, 2.05) is 6.92 Å². The molecule has 1 fully saturated rings. The van der Waals surface area contributed by atoms with Crippen molar-refractivity contribution in [3.63, 3.8) is 0 Å². The van der Waals surface area contributed by atoms with Crippen molar-refractivity contribution in [3.8, 4) is 0 Å². The van der Waals surface area contributed by atoms with Crippen molar-refractivity contribution in [2.24, 2.45) is 0 Å². The lowest BCUT2D eigenvalue weighted by atomic mass is 10.0. The molecule has 0 bridgehead atoms. The minimum absolute atomic E-state index is 0.0629. The van der Waals surface area contributed by atoms with Crippen LogP contribution in [0.5, 0.6) is 0 Å². The maximum absolute atomic E-state index is 13.0. The molecule has 0 spiro atoms. The van der Waals surface area contributed by atoms with E-state index in [2.05, 4.69) is 44.6 Å². The van der Waals surface area contributed by atoms with Crippen LogP contribution in [0.2, 0.25) is 0 Å². The Hall–Kier alpha value is -2.74. The Morgan fingerprint density at radius 2 is 2.03 bits per heavy atom. The number of hydrogen-bond donors (Lipinski definition) is 1. The zero-order valence-corrected chi connectivity index (χ0v) is 16.9. The molecule has 8 nitrogen and oxygen atoms in total. The number of fused-ring (bicyclic) bond motifs is 1. The lowest BCUT2D eigenvalue weighted by Crippen LogP contribution is -2.59. The first-order valence-corrected chi connectivity index (χ1v) is 10.2. The van der Waals surface area contributed by atoms with E-state index < -0.39 is 6.04 Å². The van der Waals surface area contributed by atoms with Gasteiger partial charge in [0.25, 0.3) is 0 Å². The van der Waals surface area contributed by atoms with Gasteiger partial charge in [0.1, 0.15) is 0 Å². The Bertz CT molecular complexity index is 871. The van der Waals surface area contributed by atoms with Gasteiger partial charge in [0.15, 0.2) is 5.82 Å². The Balaban J connectivity index is 1.45. The van der Waals surface area contributed by atoms with Crippen molar-refractivity contribution in [1.82, 2.24) is 25.3 Å². The SMILES string of the molecule is CCN(Cc1noc(C)n1)C(=O)C[C@@H]1C(=O)NCCN1C1Cc2ccccc2C1. The van der Waals surface area contributed by atoms with Gasteiger partial charge in [0.05, 0.1) is 19.0 Å². The standard InChI is InChI=1S/C21H27N5O3/c1-3-25(13-19-23-14(2)29-24-19)20(27)12-18-21(28)22-8-9-26(18)17-10-15-6-4-5-7-16(15)11-17/h4-7,17-18H,3,8-13H2,1-2H3,(H,22,28)/t18-/m1/s1. The van der Waals surface area contributed by atoms with Crippen molar-refractivity contribution in [3.05, 3.63) is 47.1 Å². The van der Waals surface area contributed by atoms with Gasteiger partial charge in [-0.25, -0.2) is 0 Å². The maximum Gasteiger partial charge on any atom is 0.237 e. The Morgan fingerprint density at radius 3 is 2.66 bits per heavy atom. The Labute approximate surface area is 170 Å². The quantitative estimate of drug-likeness (QED) is 0.784. The van der Waals surface area contributed by atoms with Gasteiger partial charge in [-0.2, -0.15) is 4.98 Å². The van der Waals surface area contributed by atoms with E-state index in [-0.39, 0.29) is 30.8 Å². The van der Waals surface area contributed by atoms with Gasteiger partial charge >= 0.3 is 0 Å². The molecular formula is C21H27N5O3. The molecule has 1 atom stereocenters. The Morgan fingerprint density at radius 1 is 1.31 bits per heavy atom. The number of rotatable bonds is 6. The number of nitrogens with zero attached hydrogens (tertiary/aromatic N) is 4. The molecule has 29 heavy (non-hydrogen) atoms. The zero-order chi connectivity index (χ0) is 20.4. The molecule has 0 saturated carbocycles. The largest absolute Gasteiger partial charge is 0.353 e. The molecule has 1 saturated heterocycles. The van der Waals surface area contributed by atoms with Gasteiger partial charge in [-0.05, 0) is 30.9 Å². The van der Waals surface area contributed by atoms with Crippen LogP contribution in [0, 0.1) is 6.92 Å². The van der Waals surface area contributed by atoms with Gasteiger partial charge in [-0.3, -0.25) is 14.5 Å². The predicted molar refractivity (Wildman–Crippen MR) is 106 cm³/mol. The first-order valence-electron chi connectivity index (χ1n) is 10.2. The fraction of sp³-hybridized carbons (Fsp3) is 0.524. The van der Waals surface area contributed by atoms with E-state index in [9.17, 15) is 9.59 Å². The summed E-state index contributed by atoms with van der Waals surface area (Å²) in [6.45, 7) is 5.83. The number of piperazine rings is 1. The summed E-state index contributed by atoms with van der Waals surface area (Å²) in [7, 11) is 0.